The number of rotatable bonds is 8. The summed E-state index contributed by atoms with van der Waals surface area (Å²) in [7, 11) is 0. The number of aliphatic carboxylic acids is 1. The SMILES string of the molecule is CC(C)[C@@H](CC(=O)NC1COCC1C(=O)O)NC(=O)OCC1c2ccccc2-c2ccccc21. The molecule has 2 unspecified atom stereocenters. The lowest BCUT2D eigenvalue weighted by Gasteiger charge is -2.24. The Morgan fingerprint density at radius 1 is 1.03 bits per heavy atom. The van der Waals surface area contributed by atoms with Crippen molar-refractivity contribution in [2.45, 2.75) is 38.3 Å². The van der Waals surface area contributed by atoms with Crippen molar-refractivity contribution < 1.29 is 29.0 Å². The number of alkyl carbamates (subject to hydrolysis) is 1. The second-order valence-corrected chi connectivity index (χ2v) is 9.18. The Bertz CT molecular complexity index is 1020. The molecule has 3 N–H and O–H groups in total. The van der Waals surface area contributed by atoms with E-state index in [0.717, 1.165) is 22.3 Å². The van der Waals surface area contributed by atoms with Crippen LogP contribution in [0.4, 0.5) is 4.79 Å². The third kappa shape index (κ3) is 5.07. The number of hydrogen-bond donors (Lipinski definition) is 3. The van der Waals surface area contributed by atoms with Gasteiger partial charge in [-0.3, -0.25) is 9.59 Å². The van der Waals surface area contributed by atoms with Gasteiger partial charge in [-0.15, -0.1) is 0 Å². The topological polar surface area (TPSA) is 114 Å². The first-order chi connectivity index (χ1) is 16.3. The summed E-state index contributed by atoms with van der Waals surface area (Å²) < 4.78 is 10.8. The molecule has 4 rings (SSSR count). The van der Waals surface area contributed by atoms with Crippen LogP contribution >= 0.6 is 0 Å². The molecule has 0 saturated carbocycles. The van der Waals surface area contributed by atoms with Gasteiger partial charge in [0.15, 0.2) is 0 Å². The van der Waals surface area contributed by atoms with E-state index in [2.05, 4.69) is 34.9 Å². The molecule has 1 saturated heterocycles. The van der Waals surface area contributed by atoms with E-state index in [1.807, 2.05) is 38.1 Å². The number of carbonyl (C=O) groups is 3. The van der Waals surface area contributed by atoms with Gasteiger partial charge in [-0.25, -0.2) is 4.79 Å². The van der Waals surface area contributed by atoms with E-state index in [4.69, 9.17) is 9.47 Å². The van der Waals surface area contributed by atoms with Gasteiger partial charge in [0.1, 0.15) is 12.5 Å². The van der Waals surface area contributed by atoms with Crippen LogP contribution in [0.3, 0.4) is 0 Å². The Hall–Kier alpha value is -3.39. The Kier molecular flexibility index (Phi) is 7.17. The summed E-state index contributed by atoms with van der Waals surface area (Å²) in [4.78, 5) is 36.5. The van der Waals surface area contributed by atoms with Crippen molar-refractivity contribution in [3.05, 3.63) is 59.7 Å². The van der Waals surface area contributed by atoms with Gasteiger partial charge in [-0.2, -0.15) is 0 Å². The van der Waals surface area contributed by atoms with Crippen LogP contribution in [0.25, 0.3) is 11.1 Å². The predicted molar refractivity (Wildman–Crippen MR) is 125 cm³/mol. The highest BCUT2D eigenvalue weighted by Crippen LogP contribution is 2.44. The van der Waals surface area contributed by atoms with Crippen molar-refractivity contribution in [1.29, 1.82) is 0 Å². The summed E-state index contributed by atoms with van der Waals surface area (Å²) in [5.41, 5.74) is 4.56. The molecule has 1 aliphatic carbocycles. The van der Waals surface area contributed by atoms with Gasteiger partial charge >= 0.3 is 12.1 Å². The fraction of sp³-hybridized carbons (Fsp3) is 0.423. The molecule has 2 aliphatic rings. The number of benzene rings is 2. The number of amides is 2. The molecular formula is C26H30N2O6. The Morgan fingerprint density at radius 3 is 2.24 bits per heavy atom. The van der Waals surface area contributed by atoms with Gasteiger partial charge in [0.25, 0.3) is 0 Å². The van der Waals surface area contributed by atoms with Gasteiger partial charge in [0, 0.05) is 18.4 Å². The van der Waals surface area contributed by atoms with Crippen molar-refractivity contribution in [2.75, 3.05) is 19.8 Å². The Morgan fingerprint density at radius 2 is 1.65 bits per heavy atom. The smallest absolute Gasteiger partial charge is 0.407 e. The van der Waals surface area contributed by atoms with Crippen molar-refractivity contribution in [1.82, 2.24) is 10.6 Å². The van der Waals surface area contributed by atoms with Crippen molar-refractivity contribution in [3.63, 3.8) is 0 Å². The summed E-state index contributed by atoms with van der Waals surface area (Å²) in [6, 6.07) is 15.2. The highest BCUT2D eigenvalue weighted by molar-refractivity contribution is 5.80. The molecule has 1 heterocycles. The quantitative estimate of drug-likeness (QED) is 0.551. The number of hydrogen-bond acceptors (Lipinski definition) is 5. The molecule has 3 atom stereocenters. The first-order valence-electron chi connectivity index (χ1n) is 11.6. The van der Waals surface area contributed by atoms with E-state index in [9.17, 15) is 19.5 Å². The van der Waals surface area contributed by atoms with E-state index < -0.39 is 30.1 Å². The molecule has 2 amide bonds. The maximum absolute atomic E-state index is 12.6. The van der Waals surface area contributed by atoms with Gasteiger partial charge < -0.3 is 25.2 Å². The molecule has 34 heavy (non-hydrogen) atoms. The summed E-state index contributed by atoms with van der Waals surface area (Å²) in [6.07, 6.45) is -0.564. The van der Waals surface area contributed by atoms with Gasteiger partial charge in [0.05, 0.1) is 19.3 Å². The van der Waals surface area contributed by atoms with Gasteiger partial charge in [0.2, 0.25) is 5.91 Å². The maximum atomic E-state index is 12.6. The molecule has 0 radical (unpaired) electrons. The second kappa shape index (κ2) is 10.3. The van der Waals surface area contributed by atoms with Crippen LogP contribution in [0.15, 0.2) is 48.5 Å². The van der Waals surface area contributed by atoms with Gasteiger partial charge in [-0.1, -0.05) is 62.4 Å². The van der Waals surface area contributed by atoms with E-state index >= 15 is 0 Å². The molecule has 1 aliphatic heterocycles. The predicted octanol–water partition coefficient (Wildman–Crippen LogP) is 3.16. The molecule has 8 heteroatoms. The largest absolute Gasteiger partial charge is 0.481 e. The van der Waals surface area contributed by atoms with Crippen LogP contribution in [-0.4, -0.2) is 55.0 Å². The molecule has 2 aromatic carbocycles. The third-order valence-electron chi connectivity index (χ3n) is 6.60. The number of nitrogens with one attached hydrogen (secondary N) is 2. The van der Waals surface area contributed by atoms with Crippen molar-refractivity contribution in [3.8, 4) is 11.1 Å². The summed E-state index contributed by atoms with van der Waals surface area (Å²) in [5.74, 6) is -2.17. The highest BCUT2D eigenvalue weighted by atomic mass is 16.5. The van der Waals surface area contributed by atoms with Crippen LogP contribution in [0, 0.1) is 11.8 Å². The number of fused-ring (bicyclic) bond motifs is 3. The van der Waals surface area contributed by atoms with Crippen LogP contribution in [0.1, 0.15) is 37.3 Å². The molecule has 1 fully saturated rings. The van der Waals surface area contributed by atoms with E-state index in [0.29, 0.717) is 0 Å². The maximum Gasteiger partial charge on any atom is 0.407 e. The van der Waals surface area contributed by atoms with E-state index in [-0.39, 0.29) is 44.0 Å². The number of carboxylic acids is 1. The zero-order valence-electron chi connectivity index (χ0n) is 19.3. The summed E-state index contributed by atoms with van der Waals surface area (Å²) in [5, 5.41) is 14.8. The second-order valence-electron chi connectivity index (χ2n) is 9.18. The zero-order valence-corrected chi connectivity index (χ0v) is 19.3. The van der Waals surface area contributed by atoms with Crippen molar-refractivity contribution >= 4 is 18.0 Å². The Balaban J connectivity index is 1.34. The summed E-state index contributed by atoms with van der Waals surface area (Å²) in [6.45, 7) is 4.23. The molecule has 180 valence electrons. The highest BCUT2D eigenvalue weighted by Gasteiger charge is 2.35. The van der Waals surface area contributed by atoms with Crippen molar-refractivity contribution in [2.24, 2.45) is 11.8 Å². The first-order valence-corrected chi connectivity index (χ1v) is 11.6. The van der Waals surface area contributed by atoms with E-state index in [1.54, 1.807) is 0 Å². The summed E-state index contributed by atoms with van der Waals surface area (Å²) >= 11 is 0. The van der Waals surface area contributed by atoms with E-state index in [1.165, 1.54) is 0 Å². The van der Waals surface area contributed by atoms with Gasteiger partial charge in [-0.05, 0) is 28.2 Å². The number of carboxylic acid groups (broad SMARTS) is 1. The van der Waals surface area contributed by atoms with Crippen LogP contribution in [-0.2, 0) is 19.1 Å². The number of carbonyl (C=O) groups excluding carboxylic acids is 2. The standard InChI is InChI=1S/C26H30N2O6/c1-15(2)22(11-24(29)27-23-14-33-12-21(23)25(30)31)28-26(32)34-13-20-18-9-5-3-7-16(18)17-8-4-6-10-19(17)20/h3-10,15,20-23H,11-14H2,1-2H3,(H,27,29)(H,28,32)(H,30,31)/t21?,22-,23?/m1/s1. The molecule has 2 aromatic rings. The third-order valence-corrected chi connectivity index (χ3v) is 6.60. The fourth-order valence-electron chi connectivity index (χ4n) is 4.65. The lowest BCUT2D eigenvalue weighted by Crippen LogP contribution is -2.47. The lowest BCUT2D eigenvalue weighted by atomic mass is 9.98. The van der Waals surface area contributed by atoms with Crippen LogP contribution in [0.2, 0.25) is 0 Å². The molecule has 8 nitrogen and oxygen atoms in total. The average molecular weight is 467 g/mol. The minimum absolute atomic E-state index is 0.0186. The van der Waals surface area contributed by atoms with Crippen LogP contribution < -0.4 is 10.6 Å². The zero-order chi connectivity index (χ0) is 24.2. The average Bonchev–Trinajstić information content (AvgIpc) is 3.40. The Labute approximate surface area is 198 Å². The minimum Gasteiger partial charge on any atom is -0.481 e. The fourth-order valence-corrected chi connectivity index (χ4v) is 4.65. The lowest BCUT2D eigenvalue weighted by molar-refractivity contribution is -0.142. The molecule has 0 spiro atoms. The first kappa shape index (κ1) is 23.8. The molecule has 0 aromatic heterocycles. The minimum atomic E-state index is -1.00. The molecule has 0 bridgehead atoms. The number of ether oxygens (including phenoxy) is 2. The normalized spacial score (nSPS) is 19.9. The monoisotopic (exact) mass is 466 g/mol. The molecular weight excluding hydrogens is 436 g/mol. The van der Waals surface area contributed by atoms with Crippen LogP contribution in [0.5, 0.6) is 0 Å².